The summed E-state index contributed by atoms with van der Waals surface area (Å²) in [6.07, 6.45) is 2.75. The molecule has 5 heteroatoms. The van der Waals surface area contributed by atoms with E-state index in [0.29, 0.717) is 18.4 Å². The summed E-state index contributed by atoms with van der Waals surface area (Å²) >= 11 is 0. The van der Waals surface area contributed by atoms with Crippen molar-refractivity contribution in [3.05, 3.63) is 35.1 Å². The fourth-order valence-electron chi connectivity index (χ4n) is 1.69. The molecule has 0 aliphatic heterocycles. The maximum absolute atomic E-state index is 13.3. The summed E-state index contributed by atoms with van der Waals surface area (Å²) in [5, 5.41) is 0. The standard InChI is InChI=1S/C11H12F3N.ClH/c12-7-4-8(11(14)9(13)5-7)10(15)3-6-1-2-6;/h4-6,10H,1-3,15H2;1H/t10-;/m1./s1. The van der Waals surface area contributed by atoms with Gasteiger partial charge in [0, 0.05) is 17.7 Å². The van der Waals surface area contributed by atoms with Crippen molar-refractivity contribution >= 4 is 12.4 Å². The molecule has 1 nitrogen and oxygen atoms in total. The van der Waals surface area contributed by atoms with Gasteiger partial charge in [0.05, 0.1) is 0 Å². The van der Waals surface area contributed by atoms with Crippen LogP contribution in [0.2, 0.25) is 0 Å². The lowest BCUT2D eigenvalue weighted by atomic mass is 10.0. The van der Waals surface area contributed by atoms with Crippen LogP contribution in [0.15, 0.2) is 12.1 Å². The molecule has 90 valence electrons. The first-order valence-electron chi connectivity index (χ1n) is 4.98. The summed E-state index contributed by atoms with van der Waals surface area (Å²) < 4.78 is 39.0. The molecule has 0 heterocycles. The molecule has 1 aromatic rings. The van der Waals surface area contributed by atoms with Crippen molar-refractivity contribution in [2.24, 2.45) is 11.7 Å². The highest BCUT2D eigenvalue weighted by Gasteiger charge is 2.26. The van der Waals surface area contributed by atoms with Crippen LogP contribution < -0.4 is 5.73 Å². The van der Waals surface area contributed by atoms with E-state index in [2.05, 4.69) is 0 Å². The molecule has 1 aromatic carbocycles. The highest BCUT2D eigenvalue weighted by molar-refractivity contribution is 5.85. The zero-order valence-electron chi connectivity index (χ0n) is 8.55. The Hall–Kier alpha value is -0.740. The van der Waals surface area contributed by atoms with Gasteiger partial charge in [-0.3, -0.25) is 0 Å². The van der Waals surface area contributed by atoms with Gasteiger partial charge in [0.1, 0.15) is 5.82 Å². The minimum absolute atomic E-state index is 0. The molecule has 0 saturated heterocycles. The van der Waals surface area contributed by atoms with E-state index in [1.165, 1.54) is 0 Å². The van der Waals surface area contributed by atoms with Crippen LogP contribution in [0.5, 0.6) is 0 Å². The van der Waals surface area contributed by atoms with Crippen LogP contribution in [0, 0.1) is 23.4 Å². The molecule has 0 spiro atoms. The fraction of sp³-hybridized carbons (Fsp3) is 0.455. The highest BCUT2D eigenvalue weighted by Crippen LogP contribution is 2.37. The predicted molar refractivity (Wildman–Crippen MR) is 57.8 cm³/mol. The van der Waals surface area contributed by atoms with Gasteiger partial charge in [-0.25, -0.2) is 13.2 Å². The summed E-state index contributed by atoms with van der Waals surface area (Å²) in [7, 11) is 0. The second-order valence-electron chi connectivity index (χ2n) is 4.08. The molecule has 0 aromatic heterocycles. The topological polar surface area (TPSA) is 26.0 Å². The predicted octanol–water partition coefficient (Wildman–Crippen LogP) is 3.33. The lowest BCUT2D eigenvalue weighted by Crippen LogP contribution is -2.14. The molecule has 2 rings (SSSR count). The molecule has 0 amide bonds. The molecule has 0 radical (unpaired) electrons. The normalized spacial score (nSPS) is 16.8. The highest BCUT2D eigenvalue weighted by atomic mass is 35.5. The monoisotopic (exact) mass is 251 g/mol. The lowest BCUT2D eigenvalue weighted by molar-refractivity contribution is 0.465. The zero-order chi connectivity index (χ0) is 11.0. The van der Waals surface area contributed by atoms with E-state index in [1.54, 1.807) is 0 Å². The van der Waals surface area contributed by atoms with Crippen molar-refractivity contribution in [2.45, 2.75) is 25.3 Å². The van der Waals surface area contributed by atoms with Crippen LogP contribution >= 0.6 is 12.4 Å². The molecule has 1 aliphatic rings. The van der Waals surface area contributed by atoms with Crippen molar-refractivity contribution < 1.29 is 13.2 Å². The Kier molecular flexibility index (Phi) is 4.21. The average Bonchev–Trinajstić information content (AvgIpc) is 2.94. The van der Waals surface area contributed by atoms with Crippen LogP contribution in [0.4, 0.5) is 13.2 Å². The van der Waals surface area contributed by atoms with Crippen LogP contribution in [0.25, 0.3) is 0 Å². The second kappa shape index (κ2) is 5.06. The van der Waals surface area contributed by atoms with Crippen molar-refractivity contribution in [1.29, 1.82) is 0 Å². The van der Waals surface area contributed by atoms with Gasteiger partial charge in [0.25, 0.3) is 0 Å². The second-order valence-corrected chi connectivity index (χ2v) is 4.08. The van der Waals surface area contributed by atoms with E-state index >= 15 is 0 Å². The number of benzene rings is 1. The van der Waals surface area contributed by atoms with Gasteiger partial charge in [-0.1, -0.05) is 12.8 Å². The van der Waals surface area contributed by atoms with Crippen molar-refractivity contribution in [3.63, 3.8) is 0 Å². The molecule has 1 atom stereocenters. The molecular formula is C11H13ClF3N. The first kappa shape index (κ1) is 13.3. The van der Waals surface area contributed by atoms with E-state index in [-0.39, 0.29) is 18.0 Å². The Morgan fingerprint density at radius 2 is 1.88 bits per heavy atom. The minimum atomic E-state index is -1.17. The smallest absolute Gasteiger partial charge is 0.163 e. The first-order chi connectivity index (χ1) is 7.08. The largest absolute Gasteiger partial charge is 0.324 e. The molecule has 0 bridgehead atoms. The Morgan fingerprint density at radius 1 is 1.25 bits per heavy atom. The van der Waals surface area contributed by atoms with Gasteiger partial charge < -0.3 is 5.73 Å². The summed E-state index contributed by atoms with van der Waals surface area (Å²) in [4.78, 5) is 0. The number of rotatable bonds is 3. The minimum Gasteiger partial charge on any atom is -0.324 e. The van der Waals surface area contributed by atoms with Gasteiger partial charge in [0.15, 0.2) is 11.6 Å². The summed E-state index contributed by atoms with van der Waals surface area (Å²) in [5.41, 5.74) is 5.65. The van der Waals surface area contributed by atoms with E-state index < -0.39 is 23.5 Å². The van der Waals surface area contributed by atoms with Gasteiger partial charge in [-0.2, -0.15) is 0 Å². The molecule has 1 aliphatic carbocycles. The molecular weight excluding hydrogens is 239 g/mol. The van der Waals surface area contributed by atoms with Gasteiger partial charge in [0.2, 0.25) is 0 Å². The SMILES string of the molecule is Cl.N[C@H](CC1CC1)c1cc(F)cc(F)c1F. The van der Waals surface area contributed by atoms with Gasteiger partial charge in [-0.05, 0) is 18.4 Å². The summed E-state index contributed by atoms with van der Waals surface area (Å²) in [6.45, 7) is 0. The van der Waals surface area contributed by atoms with Crippen molar-refractivity contribution in [1.82, 2.24) is 0 Å². The fourth-order valence-corrected chi connectivity index (χ4v) is 1.69. The zero-order valence-corrected chi connectivity index (χ0v) is 9.37. The first-order valence-corrected chi connectivity index (χ1v) is 4.98. The third-order valence-corrected chi connectivity index (χ3v) is 2.70. The number of nitrogens with two attached hydrogens (primary N) is 1. The van der Waals surface area contributed by atoms with E-state index in [9.17, 15) is 13.2 Å². The quantitative estimate of drug-likeness (QED) is 0.820. The van der Waals surface area contributed by atoms with Crippen molar-refractivity contribution in [3.8, 4) is 0 Å². The molecule has 16 heavy (non-hydrogen) atoms. The third kappa shape index (κ3) is 2.89. The molecule has 1 fully saturated rings. The van der Waals surface area contributed by atoms with Crippen LogP contribution in [0.1, 0.15) is 30.9 Å². The summed E-state index contributed by atoms with van der Waals surface area (Å²) in [6, 6.07) is 0.899. The number of halogens is 4. The maximum Gasteiger partial charge on any atom is 0.163 e. The van der Waals surface area contributed by atoms with Crippen LogP contribution in [-0.2, 0) is 0 Å². The van der Waals surface area contributed by atoms with E-state index in [4.69, 9.17) is 5.73 Å². The van der Waals surface area contributed by atoms with E-state index in [1.807, 2.05) is 0 Å². The Bertz CT molecular complexity index is 380. The average molecular weight is 252 g/mol. The van der Waals surface area contributed by atoms with E-state index in [0.717, 1.165) is 18.9 Å². The Labute approximate surface area is 98.2 Å². The maximum atomic E-state index is 13.3. The Balaban J connectivity index is 0.00000128. The number of hydrogen-bond acceptors (Lipinski definition) is 1. The molecule has 2 N–H and O–H groups in total. The molecule has 0 unspecified atom stereocenters. The lowest BCUT2D eigenvalue weighted by Gasteiger charge is -2.12. The third-order valence-electron chi connectivity index (χ3n) is 2.70. The van der Waals surface area contributed by atoms with Crippen LogP contribution in [0.3, 0.4) is 0 Å². The Morgan fingerprint density at radius 3 is 2.44 bits per heavy atom. The summed E-state index contributed by atoms with van der Waals surface area (Å²) in [5.74, 6) is -2.48. The van der Waals surface area contributed by atoms with Gasteiger partial charge >= 0.3 is 0 Å². The number of hydrogen-bond donors (Lipinski definition) is 1. The van der Waals surface area contributed by atoms with Gasteiger partial charge in [-0.15, -0.1) is 12.4 Å². The van der Waals surface area contributed by atoms with Crippen LogP contribution in [-0.4, -0.2) is 0 Å². The van der Waals surface area contributed by atoms with Crippen molar-refractivity contribution in [2.75, 3.05) is 0 Å². The molecule has 1 saturated carbocycles.